The van der Waals surface area contributed by atoms with Gasteiger partial charge in [0.05, 0.1) is 12.9 Å². The van der Waals surface area contributed by atoms with Gasteiger partial charge in [0.15, 0.2) is 0 Å². The molecule has 0 aliphatic rings. The summed E-state index contributed by atoms with van der Waals surface area (Å²) in [7, 11) is 0. The molecule has 1 heterocycles. The summed E-state index contributed by atoms with van der Waals surface area (Å²) in [5, 5.41) is 2.90. The molecule has 118 valence electrons. The Morgan fingerprint density at radius 3 is 2.77 bits per heavy atom. The lowest BCUT2D eigenvalue weighted by molar-refractivity contribution is -0.121. The number of aromatic nitrogens is 2. The van der Waals surface area contributed by atoms with Gasteiger partial charge in [-0.2, -0.15) is 0 Å². The molecule has 0 atom stereocenters. The highest BCUT2D eigenvalue weighted by Crippen LogP contribution is 2.22. The number of imidazole rings is 1. The largest absolute Gasteiger partial charge is 0.493 e. The number of ether oxygens (including phenoxy) is 1. The zero-order chi connectivity index (χ0) is 15.8. The second kappa shape index (κ2) is 8.22. The van der Waals surface area contributed by atoms with E-state index in [0.29, 0.717) is 26.0 Å². The first-order valence-corrected chi connectivity index (χ1v) is 7.60. The Balaban J connectivity index is 1.61. The summed E-state index contributed by atoms with van der Waals surface area (Å²) >= 11 is 0. The summed E-state index contributed by atoms with van der Waals surface area (Å²) in [5.41, 5.74) is 3.28. The first-order chi connectivity index (χ1) is 10.7. The predicted molar refractivity (Wildman–Crippen MR) is 85.9 cm³/mol. The molecule has 5 nitrogen and oxygen atoms in total. The van der Waals surface area contributed by atoms with E-state index in [9.17, 15) is 4.79 Å². The Morgan fingerprint density at radius 1 is 1.32 bits per heavy atom. The highest BCUT2D eigenvalue weighted by molar-refractivity contribution is 5.75. The van der Waals surface area contributed by atoms with Crippen molar-refractivity contribution in [3.05, 3.63) is 47.5 Å². The third-order valence-electron chi connectivity index (χ3n) is 3.47. The molecule has 2 N–H and O–H groups in total. The van der Waals surface area contributed by atoms with Crippen molar-refractivity contribution in [3.63, 3.8) is 0 Å². The zero-order valence-electron chi connectivity index (χ0n) is 13.2. The maximum Gasteiger partial charge on any atom is 0.220 e. The number of hydrogen-bond donors (Lipinski definition) is 2. The minimum absolute atomic E-state index is 0.0598. The van der Waals surface area contributed by atoms with Gasteiger partial charge in [-0.3, -0.25) is 4.79 Å². The minimum atomic E-state index is 0.0598. The maximum atomic E-state index is 11.7. The Bertz CT molecular complexity index is 574. The van der Waals surface area contributed by atoms with Crippen LogP contribution in [0.5, 0.6) is 5.75 Å². The lowest BCUT2D eigenvalue weighted by Gasteiger charge is -2.11. The molecule has 22 heavy (non-hydrogen) atoms. The topological polar surface area (TPSA) is 67.0 Å². The zero-order valence-corrected chi connectivity index (χ0v) is 13.2. The van der Waals surface area contributed by atoms with Crippen LogP contribution in [0.25, 0.3) is 0 Å². The quantitative estimate of drug-likeness (QED) is 0.736. The lowest BCUT2D eigenvalue weighted by atomic mass is 10.1. The van der Waals surface area contributed by atoms with Crippen LogP contribution in [0, 0.1) is 13.8 Å². The monoisotopic (exact) mass is 301 g/mol. The van der Waals surface area contributed by atoms with E-state index < -0.39 is 0 Å². The van der Waals surface area contributed by atoms with Crippen molar-refractivity contribution in [2.24, 2.45) is 0 Å². The van der Waals surface area contributed by atoms with E-state index >= 15 is 0 Å². The molecule has 0 radical (unpaired) electrons. The summed E-state index contributed by atoms with van der Waals surface area (Å²) in [5.74, 6) is 0.992. The number of nitrogens with one attached hydrogen (secondary N) is 2. The number of hydrogen-bond acceptors (Lipinski definition) is 3. The molecule has 2 rings (SSSR count). The first-order valence-electron chi connectivity index (χ1n) is 7.60. The van der Waals surface area contributed by atoms with Gasteiger partial charge in [0.2, 0.25) is 5.91 Å². The van der Waals surface area contributed by atoms with Crippen molar-refractivity contribution in [2.45, 2.75) is 33.1 Å². The molecule has 0 aliphatic carbocycles. The van der Waals surface area contributed by atoms with E-state index in [4.69, 9.17) is 4.74 Å². The number of nitrogens with zero attached hydrogens (tertiary/aromatic N) is 1. The average Bonchev–Trinajstić information content (AvgIpc) is 2.99. The molecule has 5 heteroatoms. The van der Waals surface area contributed by atoms with Crippen LogP contribution in [0.2, 0.25) is 0 Å². The highest BCUT2D eigenvalue weighted by Gasteiger charge is 2.05. The first kappa shape index (κ1) is 16.1. The summed E-state index contributed by atoms with van der Waals surface area (Å²) in [6, 6.07) is 6.08. The van der Waals surface area contributed by atoms with Crippen LogP contribution in [0.1, 0.15) is 29.7 Å². The van der Waals surface area contributed by atoms with E-state index in [1.807, 2.05) is 32.0 Å². The van der Waals surface area contributed by atoms with Gasteiger partial charge in [0, 0.05) is 31.3 Å². The third-order valence-corrected chi connectivity index (χ3v) is 3.47. The van der Waals surface area contributed by atoms with Crippen molar-refractivity contribution in [1.29, 1.82) is 0 Å². The minimum Gasteiger partial charge on any atom is -0.493 e. The molecule has 1 amide bonds. The third kappa shape index (κ3) is 4.91. The van der Waals surface area contributed by atoms with Gasteiger partial charge < -0.3 is 15.0 Å². The standard InChI is InChI=1S/C17H23N3O2/c1-13-5-3-6-14(2)17(13)22-10-4-7-16(21)19-9-8-15-11-18-12-20-15/h3,5-6,11-12H,4,7-10H2,1-2H3,(H,18,20)(H,19,21). The van der Waals surface area contributed by atoms with Gasteiger partial charge in [-0.1, -0.05) is 18.2 Å². The van der Waals surface area contributed by atoms with Gasteiger partial charge >= 0.3 is 0 Å². The molecule has 0 bridgehead atoms. The van der Waals surface area contributed by atoms with E-state index in [1.165, 1.54) is 0 Å². The van der Waals surface area contributed by atoms with Crippen LogP contribution in [-0.4, -0.2) is 29.0 Å². The Morgan fingerprint density at radius 2 is 2.09 bits per heavy atom. The van der Waals surface area contributed by atoms with Crippen LogP contribution in [-0.2, 0) is 11.2 Å². The summed E-state index contributed by atoms with van der Waals surface area (Å²) < 4.78 is 5.79. The second-order valence-corrected chi connectivity index (χ2v) is 5.35. The number of carbonyl (C=O) groups excluding carboxylic acids is 1. The van der Waals surface area contributed by atoms with Gasteiger partial charge in [-0.15, -0.1) is 0 Å². The fourth-order valence-electron chi connectivity index (χ4n) is 2.28. The van der Waals surface area contributed by atoms with Crippen LogP contribution in [0.15, 0.2) is 30.7 Å². The number of benzene rings is 1. The van der Waals surface area contributed by atoms with E-state index in [0.717, 1.165) is 29.0 Å². The Labute approximate surface area is 131 Å². The molecule has 1 aromatic heterocycles. The smallest absolute Gasteiger partial charge is 0.220 e. The summed E-state index contributed by atoms with van der Waals surface area (Å²) in [4.78, 5) is 18.7. The molecular formula is C17H23N3O2. The number of H-pyrrole nitrogens is 1. The SMILES string of the molecule is Cc1cccc(C)c1OCCCC(=O)NCCc1cnc[nH]1. The van der Waals surface area contributed by atoms with E-state index in [-0.39, 0.29) is 5.91 Å². The van der Waals surface area contributed by atoms with Crippen LogP contribution in [0.4, 0.5) is 0 Å². The average molecular weight is 301 g/mol. The number of aromatic amines is 1. The van der Waals surface area contributed by atoms with Crippen molar-refractivity contribution in [2.75, 3.05) is 13.2 Å². The second-order valence-electron chi connectivity index (χ2n) is 5.35. The van der Waals surface area contributed by atoms with E-state index in [2.05, 4.69) is 15.3 Å². The van der Waals surface area contributed by atoms with Gasteiger partial charge in [-0.25, -0.2) is 4.98 Å². The van der Waals surface area contributed by atoms with Gasteiger partial charge in [0.25, 0.3) is 0 Å². The number of carbonyl (C=O) groups is 1. The molecule has 1 aromatic carbocycles. The van der Waals surface area contributed by atoms with Gasteiger partial charge in [-0.05, 0) is 31.4 Å². The fourth-order valence-corrected chi connectivity index (χ4v) is 2.28. The normalized spacial score (nSPS) is 10.5. The molecule has 0 spiro atoms. The maximum absolute atomic E-state index is 11.7. The molecular weight excluding hydrogens is 278 g/mol. The van der Waals surface area contributed by atoms with Crippen molar-refractivity contribution in [1.82, 2.24) is 15.3 Å². The van der Waals surface area contributed by atoms with Crippen LogP contribution >= 0.6 is 0 Å². The van der Waals surface area contributed by atoms with Crippen molar-refractivity contribution < 1.29 is 9.53 Å². The molecule has 0 aliphatic heterocycles. The number of para-hydroxylation sites is 1. The molecule has 0 fully saturated rings. The summed E-state index contributed by atoms with van der Waals surface area (Å²) in [6.07, 6.45) is 5.37. The Kier molecular flexibility index (Phi) is 6.01. The van der Waals surface area contributed by atoms with E-state index in [1.54, 1.807) is 12.5 Å². The van der Waals surface area contributed by atoms with Crippen LogP contribution < -0.4 is 10.1 Å². The number of amides is 1. The van der Waals surface area contributed by atoms with Crippen molar-refractivity contribution >= 4 is 5.91 Å². The predicted octanol–water partition coefficient (Wildman–Crippen LogP) is 2.54. The molecule has 0 saturated heterocycles. The van der Waals surface area contributed by atoms with Crippen molar-refractivity contribution in [3.8, 4) is 5.75 Å². The summed E-state index contributed by atoms with van der Waals surface area (Å²) in [6.45, 7) is 5.24. The molecule has 2 aromatic rings. The number of aryl methyl sites for hydroxylation is 2. The van der Waals surface area contributed by atoms with Gasteiger partial charge in [0.1, 0.15) is 5.75 Å². The number of rotatable bonds is 8. The van der Waals surface area contributed by atoms with Crippen LogP contribution in [0.3, 0.4) is 0 Å². The molecule has 0 saturated carbocycles. The fraction of sp³-hybridized carbons (Fsp3) is 0.412. The Hall–Kier alpha value is -2.30. The molecule has 0 unspecified atom stereocenters. The highest BCUT2D eigenvalue weighted by atomic mass is 16.5. The lowest BCUT2D eigenvalue weighted by Crippen LogP contribution is -2.25.